The van der Waals surface area contributed by atoms with Gasteiger partial charge in [0, 0.05) is 18.8 Å². The molecule has 2 rings (SSSR count). The van der Waals surface area contributed by atoms with E-state index >= 15 is 0 Å². The molecule has 1 N–H and O–H groups in total. The molecule has 0 aliphatic heterocycles. The van der Waals surface area contributed by atoms with Crippen molar-refractivity contribution < 1.29 is 36.3 Å². The zero-order valence-electron chi connectivity index (χ0n) is 17.6. The molecular weight excluding hydrogens is 463 g/mol. The average Bonchev–Trinajstić information content (AvgIpc) is 3.01. The molecule has 0 amide bonds. The average molecular weight is 485 g/mol. The second-order valence-corrected chi connectivity index (χ2v) is 7.09. The fourth-order valence-electron chi connectivity index (χ4n) is 2.87. The van der Waals surface area contributed by atoms with Gasteiger partial charge >= 0.3 is 18.9 Å². The molecule has 32 heavy (non-hydrogen) atoms. The molecule has 0 bridgehead atoms. The van der Waals surface area contributed by atoms with Crippen LogP contribution in [0.15, 0.2) is 12.3 Å². The Morgan fingerprint density at radius 2 is 1.84 bits per heavy atom. The van der Waals surface area contributed by atoms with Gasteiger partial charge in [-0.1, -0.05) is 32.4 Å². The van der Waals surface area contributed by atoms with Crippen molar-refractivity contribution in [1.82, 2.24) is 14.8 Å². The van der Waals surface area contributed by atoms with E-state index in [1.807, 2.05) is 6.92 Å². The molecule has 0 radical (unpaired) electrons. The zero-order chi connectivity index (χ0) is 24.6. The lowest BCUT2D eigenvalue weighted by Gasteiger charge is -2.25. The minimum Gasteiger partial charge on any atom is -0.434 e. The van der Waals surface area contributed by atoms with Crippen molar-refractivity contribution in [1.29, 1.82) is 0 Å². The Bertz CT molecular complexity index is 928. The number of anilines is 1. The highest BCUT2D eigenvalue weighted by molar-refractivity contribution is 6.33. The number of halogens is 6. The molecule has 0 fully saturated rings. The Kier molecular flexibility index (Phi) is 10.0. The fraction of sp³-hybridized carbons (Fsp3) is 0.526. The van der Waals surface area contributed by atoms with Crippen LogP contribution in [0.2, 0.25) is 5.02 Å². The Hall–Kier alpha value is -2.72. The van der Waals surface area contributed by atoms with Gasteiger partial charge in [0.1, 0.15) is 17.6 Å². The number of pyridine rings is 1. The summed E-state index contributed by atoms with van der Waals surface area (Å²) in [6.45, 7) is 3.62. The van der Waals surface area contributed by atoms with Gasteiger partial charge in [0.15, 0.2) is 0 Å². The quantitative estimate of drug-likeness (QED) is 0.518. The van der Waals surface area contributed by atoms with Crippen LogP contribution in [0, 0.1) is 5.92 Å². The summed E-state index contributed by atoms with van der Waals surface area (Å²) >= 11 is 6.36. The third kappa shape index (κ3) is 6.89. The maximum Gasteiger partial charge on any atom is 0.408 e. The predicted molar refractivity (Wildman–Crippen MR) is 105 cm³/mol. The molecule has 7 nitrogen and oxygen atoms in total. The summed E-state index contributed by atoms with van der Waals surface area (Å²) in [6, 6.07) is -0.894. The normalized spacial score (nSPS) is 12.2. The Morgan fingerprint density at radius 1 is 1.25 bits per heavy atom. The largest absolute Gasteiger partial charge is 0.434 e. The molecule has 0 aliphatic rings. The second kappa shape index (κ2) is 11.8. The first-order chi connectivity index (χ1) is 14.9. The van der Waals surface area contributed by atoms with Gasteiger partial charge in [-0.3, -0.25) is 4.68 Å². The molecule has 1 unspecified atom stereocenters. The number of aryl methyl sites for hydroxylation is 2. The molecule has 178 valence electrons. The third-order valence-corrected chi connectivity index (χ3v) is 4.65. The summed E-state index contributed by atoms with van der Waals surface area (Å²) in [5, 5.41) is 6.83. The van der Waals surface area contributed by atoms with Crippen molar-refractivity contribution in [3.8, 4) is 17.0 Å². The molecule has 0 saturated carbocycles. The molecule has 0 aliphatic carbocycles. The highest BCUT2D eigenvalue weighted by Crippen LogP contribution is 2.39. The number of rotatable bonds is 8. The summed E-state index contributed by atoms with van der Waals surface area (Å²) < 4.78 is 71.8. The van der Waals surface area contributed by atoms with Crippen LogP contribution in [-0.4, -0.2) is 39.7 Å². The van der Waals surface area contributed by atoms with Crippen LogP contribution < -0.4 is 10.1 Å². The number of ether oxygens (including phenoxy) is 1. The Balaban J connectivity index is 0.00000161. The topological polar surface area (TPSA) is 86.1 Å². The second-order valence-electron chi connectivity index (χ2n) is 6.71. The Labute approximate surface area is 185 Å². The van der Waals surface area contributed by atoms with E-state index in [2.05, 4.69) is 20.1 Å². The first-order valence-electron chi connectivity index (χ1n) is 9.43. The molecule has 1 atom stereocenters. The van der Waals surface area contributed by atoms with Gasteiger partial charge in [-0.05, 0) is 19.3 Å². The SMILES string of the molecule is CCc1nn(CC)c(-c2cnc(NC(C(C)C)C(F)(F)F)cc2OC(F)F)c1Cl.O=C=O. The minimum atomic E-state index is -4.54. The summed E-state index contributed by atoms with van der Waals surface area (Å²) in [5.41, 5.74) is 0.991. The van der Waals surface area contributed by atoms with Crippen LogP contribution in [-0.2, 0) is 22.6 Å². The lowest BCUT2D eigenvalue weighted by atomic mass is 10.0. The van der Waals surface area contributed by atoms with Gasteiger partial charge in [0.25, 0.3) is 0 Å². The third-order valence-electron chi connectivity index (χ3n) is 4.26. The van der Waals surface area contributed by atoms with Gasteiger partial charge in [0.2, 0.25) is 0 Å². The molecule has 13 heteroatoms. The summed E-state index contributed by atoms with van der Waals surface area (Å²) in [4.78, 5) is 20.2. The predicted octanol–water partition coefficient (Wildman–Crippen LogP) is 5.20. The monoisotopic (exact) mass is 484 g/mol. The summed E-state index contributed by atoms with van der Waals surface area (Å²) in [6.07, 6.45) is -2.63. The number of alkyl halides is 5. The number of nitrogens with one attached hydrogen (secondary N) is 1. The highest BCUT2D eigenvalue weighted by Gasteiger charge is 2.42. The van der Waals surface area contributed by atoms with E-state index in [-0.39, 0.29) is 28.3 Å². The van der Waals surface area contributed by atoms with Crippen LogP contribution in [0.5, 0.6) is 5.75 Å². The van der Waals surface area contributed by atoms with Crippen LogP contribution in [0.25, 0.3) is 11.3 Å². The Morgan fingerprint density at radius 3 is 2.28 bits per heavy atom. The van der Waals surface area contributed by atoms with Crippen LogP contribution >= 0.6 is 11.6 Å². The number of aromatic nitrogens is 3. The maximum atomic E-state index is 13.2. The van der Waals surface area contributed by atoms with Gasteiger partial charge < -0.3 is 10.1 Å². The zero-order valence-corrected chi connectivity index (χ0v) is 18.4. The summed E-state index contributed by atoms with van der Waals surface area (Å²) in [7, 11) is 0. The maximum absolute atomic E-state index is 13.2. The van der Waals surface area contributed by atoms with E-state index in [0.29, 0.717) is 24.4 Å². The molecular formula is C19H22ClF5N4O3. The number of hydrogen-bond acceptors (Lipinski definition) is 6. The van der Waals surface area contributed by atoms with Crippen molar-refractivity contribution >= 4 is 23.6 Å². The van der Waals surface area contributed by atoms with Crippen molar-refractivity contribution in [2.75, 3.05) is 5.32 Å². The lowest BCUT2D eigenvalue weighted by Crippen LogP contribution is -2.40. The van der Waals surface area contributed by atoms with Gasteiger partial charge in [-0.25, -0.2) is 4.98 Å². The molecule has 2 heterocycles. The molecule has 2 aromatic rings. The van der Waals surface area contributed by atoms with Gasteiger partial charge in [0.05, 0.1) is 22.0 Å². The van der Waals surface area contributed by atoms with Crippen molar-refractivity contribution in [3.63, 3.8) is 0 Å². The smallest absolute Gasteiger partial charge is 0.408 e. The first kappa shape index (κ1) is 27.3. The van der Waals surface area contributed by atoms with E-state index in [1.54, 1.807) is 6.92 Å². The molecule has 0 saturated heterocycles. The van der Waals surface area contributed by atoms with Crippen LogP contribution in [0.1, 0.15) is 33.4 Å². The van der Waals surface area contributed by atoms with Crippen LogP contribution in [0.4, 0.5) is 27.8 Å². The lowest BCUT2D eigenvalue weighted by molar-refractivity contribution is -0.191. The fourth-order valence-corrected chi connectivity index (χ4v) is 3.25. The van der Waals surface area contributed by atoms with Crippen molar-refractivity contribution in [2.24, 2.45) is 5.92 Å². The number of carbonyl (C=O) groups excluding carboxylic acids is 2. The molecule has 2 aromatic heterocycles. The van der Waals surface area contributed by atoms with E-state index in [4.69, 9.17) is 21.2 Å². The minimum absolute atomic E-state index is 0.114. The van der Waals surface area contributed by atoms with E-state index in [0.717, 1.165) is 12.3 Å². The van der Waals surface area contributed by atoms with E-state index in [1.165, 1.54) is 18.5 Å². The van der Waals surface area contributed by atoms with E-state index < -0.39 is 24.7 Å². The summed E-state index contributed by atoms with van der Waals surface area (Å²) in [5.74, 6) is -1.39. The number of nitrogens with zero attached hydrogens (tertiary/aromatic N) is 3. The van der Waals surface area contributed by atoms with Gasteiger partial charge in [-0.15, -0.1) is 0 Å². The highest BCUT2D eigenvalue weighted by atomic mass is 35.5. The van der Waals surface area contributed by atoms with Crippen molar-refractivity contribution in [2.45, 2.75) is 59.5 Å². The van der Waals surface area contributed by atoms with Crippen LogP contribution in [0.3, 0.4) is 0 Å². The first-order valence-corrected chi connectivity index (χ1v) is 9.81. The van der Waals surface area contributed by atoms with E-state index in [9.17, 15) is 22.0 Å². The van der Waals surface area contributed by atoms with Gasteiger partial charge in [-0.2, -0.15) is 36.6 Å². The number of hydrogen-bond donors (Lipinski definition) is 1. The van der Waals surface area contributed by atoms with Crippen molar-refractivity contribution in [3.05, 3.63) is 23.0 Å². The standard InChI is InChI=1S/C18H22ClF5N4O.CO2/c1-5-11-14(19)15(28(6-2)27-11)10-8-25-13(7-12(10)29-17(20)21)26-16(9(3)4)18(22,23)24;2-1-3/h7-9,16-17H,5-6H2,1-4H3,(H,25,26);. The molecule has 0 spiro atoms. The molecule has 0 aromatic carbocycles.